The zero-order valence-electron chi connectivity index (χ0n) is 11.8. The van der Waals surface area contributed by atoms with Gasteiger partial charge in [0.05, 0.1) is 4.88 Å². The Labute approximate surface area is 123 Å². The fraction of sp³-hybridized carbons (Fsp3) is 0.571. The van der Waals surface area contributed by atoms with Crippen molar-refractivity contribution >= 4 is 22.7 Å². The summed E-state index contributed by atoms with van der Waals surface area (Å²) in [6, 6.07) is 4.27. The van der Waals surface area contributed by atoms with Crippen molar-refractivity contribution in [3.05, 3.63) is 22.0 Å². The number of thiophene rings is 1. The van der Waals surface area contributed by atoms with Gasteiger partial charge in [-0.1, -0.05) is 25.2 Å². The average molecular weight is 295 g/mol. The highest BCUT2D eigenvalue weighted by molar-refractivity contribution is 7.21. The van der Waals surface area contributed by atoms with Crippen molar-refractivity contribution in [2.45, 2.75) is 33.6 Å². The van der Waals surface area contributed by atoms with Crippen LogP contribution in [0.1, 0.15) is 30.2 Å². The number of nitrogens with zero attached hydrogens (tertiary/aromatic N) is 2. The van der Waals surface area contributed by atoms with Gasteiger partial charge in [0.15, 0.2) is 5.01 Å². The molecule has 1 N–H and O–H groups in total. The summed E-state index contributed by atoms with van der Waals surface area (Å²) in [7, 11) is 0. The van der Waals surface area contributed by atoms with Crippen LogP contribution in [-0.4, -0.2) is 23.3 Å². The van der Waals surface area contributed by atoms with Crippen LogP contribution in [-0.2, 0) is 6.42 Å². The Balaban J connectivity index is 1.78. The maximum absolute atomic E-state index is 4.29. The third-order valence-corrected chi connectivity index (χ3v) is 4.87. The molecule has 0 unspecified atom stereocenters. The molecule has 0 bridgehead atoms. The molecule has 3 nitrogen and oxygen atoms in total. The average Bonchev–Trinajstić information content (AvgIpc) is 2.97. The molecule has 2 heterocycles. The third kappa shape index (κ3) is 4.67. The van der Waals surface area contributed by atoms with Crippen LogP contribution in [0, 0.1) is 12.8 Å². The largest absolute Gasteiger partial charge is 0.316 e. The standard InChI is InChI=1S/C14H21N3S2/c1-10(2)9-15-8-4-5-13-16-17-14(19-13)12-7-6-11(3)18-12/h6-7,10,15H,4-5,8-9H2,1-3H3. The summed E-state index contributed by atoms with van der Waals surface area (Å²) in [6.45, 7) is 8.73. The third-order valence-electron chi connectivity index (χ3n) is 2.71. The van der Waals surface area contributed by atoms with Crippen molar-refractivity contribution in [3.63, 3.8) is 0 Å². The molecule has 2 aromatic heterocycles. The van der Waals surface area contributed by atoms with Crippen LogP contribution in [0.25, 0.3) is 9.88 Å². The second-order valence-electron chi connectivity index (χ2n) is 5.11. The van der Waals surface area contributed by atoms with Crippen molar-refractivity contribution < 1.29 is 0 Å². The monoisotopic (exact) mass is 295 g/mol. The number of aromatic nitrogens is 2. The second kappa shape index (κ2) is 7.12. The quantitative estimate of drug-likeness (QED) is 0.790. The highest BCUT2D eigenvalue weighted by Gasteiger charge is 2.08. The van der Waals surface area contributed by atoms with Gasteiger partial charge >= 0.3 is 0 Å². The van der Waals surface area contributed by atoms with Crippen molar-refractivity contribution in [2.24, 2.45) is 5.92 Å². The molecule has 0 aliphatic carbocycles. The first-order chi connectivity index (χ1) is 9.15. The Morgan fingerprint density at radius 3 is 2.74 bits per heavy atom. The van der Waals surface area contributed by atoms with Crippen molar-refractivity contribution in [3.8, 4) is 9.88 Å². The molecule has 0 radical (unpaired) electrons. The van der Waals surface area contributed by atoms with Crippen molar-refractivity contribution in [1.82, 2.24) is 15.5 Å². The smallest absolute Gasteiger partial charge is 0.157 e. The van der Waals surface area contributed by atoms with E-state index in [4.69, 9.17) is 0 Å². The molecule has 0 saturated heterocycles. The SMILES string of the molecule is Cc1ccc(-c2nnc(CCCNCC(C)C)s2)s1. The number of nitrogens with one attached hydrogen (secondary N) is 1. The van der Waals surface area contributed by atoms with E-state index in [2.05, 4.69) is 48.4 Å². The van der Waals surface area contributed by atoms with Gasteiger partial charge in [-0.25, -0.2) is 0 Å². The van der Waals surface area contributed by atoms with Crippen molar-refractivity contribution in [1.29, 1.82) is 0 Å². The molecule has 2 aromatic rings. The molecule has 0 spiro atoms. The van der Waals surface area contributed by atoms with Gasteiger partial charge in [0.1, 0.15) is 5.01 Å². The van der Waals surface area contributed by atoms with Crippen LogP contribution in [0.2, 0.25) is 0 Å². The van der Waals surface area contributed by atoms with E-state index < -0.39 is 0 Å². The number of hydrogen-bond donors (Lipinski definition) is 1. The lowest BCUT2D eigenvalue weighted by Gasteiger charge is -2.05. The zero-order valence-corrected chi connectivity index (χ0v) is 13.4. The number of aryl methyl sites for hydroxylation is 2. The highest BCUT2D eigenvalue weighted by atomic mass is 32.1. The van der Waals surface area contributed by atoms with Crippen LogP contribution in [0.4, 0.5) is 0 Å². The van der Waals surface area contributed by atoms with Gasteiger partial charge < -0.3 is 5.32 Å². The van der Waals surface area contributed by atoms with E-state index in [0.29, 0.717) is 0 Å². The van der Waals surface area contributed by atoms with E-state index in [9.17, 15) is 0 Å². The van der Waals surface area contributed by atoms with Gasteiger partial charge in [-0.15, -0.1) is 21.5 Å². The Morgan fingerprint density at radius 1 is 1.21 bits per heavy atom. The molecular weight excluding hydrogens is 274 g/mol. The van der Waals surface area contributed by atoms with E-state index in [1.807, 2.05) is 0 Å². The van der Waals surface area contributed by atoms with Gasteiger partial charge in [0.25, 0.3) is 0 Å². The van der Waals surface area contributed by atoms with Crippen LogP contribution in [0.3, 0.4) is 0 Å². The Kier molecular flexibility index (Phi) is 5.48. The fourth-order valence-corrected chi connectivity index (χ4v) is 3.56. The predicted octanol–water partition coefficient (Wildman–Crippen LogP) is 3.75. The number of rotatable bonds is 7. The van der Waals surface area contributed by atoms with E-state index in [0.717, 1.165) is 41.9 Å². The van der Waals surface area contributed by atoms with Crippen LogP contribution < -0.4 is 5.32 Å². The van der Waals surface area contributed by atoms with Gasteiger partial charge in [-0.05, 0) is 44.5 Å². The summed E-state index contributed by atoms with van der Waals surface area (Å²) >= 11 is 3.51. The minimum absolute atomic E-state index is 0.718. The Hall–Kier alpha value is -0.780. The summed E-state index contributed by atoms with van der Waals surface area (Å²) < 4.78 is 0. The first-order valence-electron chi connectivity index (χ1n) is 6.75. The van der Waals surface area contributed by atoms with E-state index >= 15 is 0 Å². The lowest BCUT2D eigenvalue weighted by molar-refractivity contribution is 0.542. The van der Waals surface area contributed by atoms with Crippen LogP contribution >= 0.6 is 22.7 Å². The molecule has 0 saturated carbocycles. The summed E-state index contributed by atoms with van der Waals surface area (Å²) in [5.74, 6) is 0.718. The summed E-state index contributed by atoms with van der Waals surface area (Å²) in [5.41, 5.74) is 0. The van der Waals surface area contributed by atoms with Gasteiger partial charge in [-0.3, -0.25) is 0 Å². The number of hydrogen-bond acceptors (Lipinski definition) is 5. The molecule has 5 heteroatoms. The van der Waals surface area contributed by atoms with Gasteiger partial charge in [0, 0.05) is 11.3 Å². The van der Waals surface area contributed by atoms with Gasteiger partial charge in [0.2, 0.25) is 0 Å². The fourth-order valence-electron chi connectivity index (χ4n) is 1.76. The molecular formula is C14H21N3S2. The molecule has 0 atom stereocenters. The van der Waals surface area contributed by atoms with Crippen molar-refractivity contribution in [2.75, 3.05) is 13.1 Å². The minimum atomic E-state index is 0.718. The van der Waals surface area contributed by atoms with E-state index in [1.54, 1.807) is 22.7 Å². The summed E-state index contributed by atoms with van der Waals surface area (Å²) in [5, 5.41) is 14.2. The molecule has 0 aliphatic heterocycles. The highest BCUT2D eigenvalue weighted by Crippen LogP contribution is 2.30. The maximum Gasteiger partial charge on any atom is 0.157 e. The van der Waals surface area contributed by atoms with E-state index in [-0.39, 0.29) is 0 Å². The molecule has 0 aromatic carbocycles. The lowest BCUT2D eigenvalue weighted by atomic mass is 10.2. The summed E-state index contributed by atoms with van der Waals surface area (Å²) in [4.78, 5) is 2.56. The normalized spacial score (nSPS) is 11.4. The Bertz CT molecular complexity index is 502. The van der Waals surface area contributed by atoms with E-state index in [1.165, 1.54) is 9.75 Å². The zero-order chi connectivity index (χ0) is 13.7. The van der Waals surface area contributed by atoms with Crippen LogP contribution in [0.5, 0.6) is 0 Å². The minimum Gasteiger partial charge on any atom is -0.316 e. The second-order valence-corrected chi connectivity index (χ2v) is 7.46. The maximum atomic E-state index is 4.29. The first kappa shape index (κ1) is 14.6. The molecule has 19 heavy (non-hydrogen) atoms. The topological polar surface area (TPSA) is 37.8 Å². The molecule has 0 fully saturated rings. The van der Waals surface area contributed by atoms with Crippen LogP contribution in [0.15, 0.2) is 12.1 Å². The molecule has 0 amide bonds. The molecule has 0 aliphatic rings. The summed E-state index contributed by atoms with van der Waals surface area (Å²) in [6.07, 6.45) is 2.15. The molecule has 104 valence electrons. The first-order valence-corrected chi connectivity index (χ1v) is 8.38. The Morgan fingerprint density at radius 2 is 2.05 bits per heavy atom. The lowest BCUT2D eigenvalue weighted by Crippen LogP contribution is -2.21. The predicted molar refractivity (Wildman–Crippen MR) is 84.0 cm³/mol. The van der Waals surface area contributed by atoms with Gasteiger partial charge in [-0.2, -0.15) is 0 Å². The molecule has 2 rings (SSSR count).